The number of hydrogen-bond donors (Lipinski definition) is 3. The van der Waals surface area contributed by atoms with Gasteiger partial charge in [0.2, 0.25) is 5.95 Å². The van der Waals surface area contributed by atoms with Crippen LogP contribution in [0.15, 0.2) is 61.0 Å². The van der Waals surface area contributed by atoms with E-state index in [1.165, 1.54) is 38.2 Å². The Kier molecular flexibility index (Phi) is 11.6. The highest BCUT2D eigenvalue weighted by atomic mass is 16.1. The molecule has 0 bridgehead atoms. The van der Waals surface area contributed by atoms with Crippen molar-refractivity contribution in [3.63, 3.8) is 0 Å². The number of nitrogen functional groups attached to an aromatic ring is 1. The number of nitrogens with zero attached hydrogens (tertiary/aromatic N) is 3. The van der Waals surface area contributed by atoms with Gasteiger partial charge in [0.1, 0.15) is 0 Å². The van der Waals surface area contributed by atoms with Crippen LogP contribution in [0.1, 0.15) is 68.1 Å². The van der Waals surface area contributed by atoms with Gasteiger partial charge in [-0.1, -0.05) is 45.8 Å². The van der Waals surface area contributed by atoms with E-state index in [9.17, 15) is 4.79 Å². The molecule has 0 spiro atoms. The summed E-state index contributed by atoms with van der Waals surface area (Å²) in [5.74, 6) is 3.07. The van der Waals surface area contributed by atoms with Crippen LogP contribution in [0.5, 0.6) is 0 Å². The standard InChI is InChI=1S/C21H28N4.C9H12N2O/c1-6-9-19(10-7-2)25-14-18-13-22-21(24-20(18)15-25)23-17(5)12-11-16(4)8-3;1-6(12)7-3-4-9(11-2)8(10)5-7/h3,11-13,19H,4-7,9-10,14-15H2,1-2H3,(H,22,23,24);3-5,11H,10H2,1-2H3/b12-11-;. The van der Waals surface area contributed by atoms with E-state index in [2.05, 4.69) is 58.4 Å². The van der Waals surface area contributed by atoms with Crippen molar-refractivity contribution in [2.45, 2.75) is 65.6 Å². The molecule has 0 unspecified atom stereocenters. The number of fused-ring (bicyclic) bond motifs is 1. The van der Waals surface area contributed by atoms with Crippen molar-refractivity contribution in [2.24, 2.45) is 0 Å². The molecule has 1 aliphatic rings. The van der Waals surface area contributed by atoms with E-state index in [1.54, 1.807) is 37.4 Å². The van der Waals surface area contributed by atoms with Gasteiger partial charge in [0.25, 0.3) is 0 Å². The lowest BCUT2D eigenvalue weighted by atomic mass is 10.1. The van der Waals surface area contributed by atoms with Gasteiger partial charge in [0, 0.05) is 54.8 Å². The first-order valence-corrected chi connectivity index (χ1v) is 12.7. The highest BCUT2D eigenvalue weighted by molar-refractivity contribution is 5.95. The molecule has 7 nitrogen and oxygen atoms in total. The molecular formula is C30H40N6O. The molecule has 2 aromatic rings. The maximum atomic E-state index is 10.9. The number of aromatic nitrogens is 2. The van der Waals surface area contributed by atoms with Gasteiger partial charge in [0.05, 0.1) is 17.1 Å². The summed E-state index contributed by atoms with van der Waals surface area (Å²) in [7, 11) is 1.79. The van der Waals surface area contributed by atoms with E-state index in [1.807, 2.05) is 6.20 Å². The molecule has 7 heteroatoms. The van der Waals surface area contributed by atoms with E-state index in [0.29, 0.717) is 34.5 Å². The lowest BCUT2D eigenvalue weighted by Crippen LogP contribution is -2.30. The summed E-state index contributed by atoms with van der Waals surface area (Å²) < 4.78 is 0. The fourth-order valence-corrected chi connectivity index (χ4v) is 4.12. The van der Waals surface area contributed by atoms with Crippen molar-refractivity contribution >= 4 is 23.1 Å². The SMILES string of the molecule is C#CC(=C)/C=C\C(=C)Nc1ncc2c(n1)CN(C(CCC)CCC)C2.CNc1ccc(C(C)=O)cc1N. The third-order valence-corrected chi connectivity index (χ3v) is 6.11. The minimum absolute atomic E-state index is 0.0318. The van der Waals surface area contributed by atoms with E-state index >= 15 is 0 Å². The molecule has 0 amide bonds. The number of allylic oxidation sites excluding steroid dienone is 3. The topological polar surface area (TPSA) is 96.2 Å². The number of Topliss-reactive ketones (excluding diaryl/α,β-unsaturated/α-hetero) is 1. The van der Waals surface area contributed by atoms with Crippen LogP contribution in [0.2, 0.25) is 0 Å². The predicted octanol–water partition coefficient (Wildman–Crippen LogP) is 5.95. The van der Waals surface area contributed by atoms with Crippen molar-refractivity contribution in [1.82, 2.24) is 14.9 Å². The predicted molar refractivity (Wildman–Crippen MR) is 155 cm³/mol. The minimum Gasteiger partial charge on any atom is -0.397 e. The average Bonchev–Trinajstić information content (AvgIpc) is 3.30. The Labute approximate surface area is 222 Å². The van der Waals surface area contributed by atoms with Gasteiger partial charge < -0.3 is 16.4 Å². The molecule has 196 valence electrons. The smallest absolute Gasteiger partial charge is 0.227 e. The molecule has 3 rings (SSSR count). The van der Waals surface area contributed by atoms with E-state index in [-0.39, 0.29) is 5.78 Å². The van der Waals surface area contributed by atoms with Crippen LogP contribution in [0.4, 0.5) is 17.3 Å². The van der Waals surface area contributed by atoms with Gasteiger partial charge >= 0.3 is 0 Å². The third kappa shape index (κ3) is 8.93. The molecule has 4 N–H and O–H groups in total. The van der Waals surface area contributed by atoms with Crippen molar-refractivity contribution < 1.29 is 4.79 Å². The summed E-state index contributed by atoms with van der Waals surface area (Å²) in [5, 5.41) is 6.04. The lowest BCUT2D eigenvalue weighted by molar-refractivity contribution is 0.101. The first kappa shape index (κ1) is 29.3. The summed E-state index contributed by atoms with van der Waals surface area (Å²) in [4.78, 5) is 22.5. The normalized spacial score (nSPS) is 12.4. The Morgan fingerprint density at radius 3 is 2.51 bits per heavy atom. The zero-order chi connectivity index (χ0) is 27.4. The van der Waals surface area contributed by atoms with Gasteiger partial charge in [-0.15, -0.1) is 6.42 Å². The molecule has 2 heterocycles. The molecule has 0 aliphatic carbocycles. The Balaban J connectivity index is 0.000000335. The van der Waals surface area contributed by atoms with E-state index < -0.39 is 0 Å². The monoisotopic (exact) mass is 500 g/mol. The molecule has 37 heavy (non-hydrogen) atoms. The summed E-state index contributed by atoms with van der Waals surface area (Å²) in [6.07, 6.45) is 15.6. The molecule has 0 atom stereocenters. The van der Waals surface area contributed by atoms with E-state index in [0.717, 1.165) is 24.5 Å². The number of ketones is 1. The first-order chi connectivity index (χ1) is 17.7. The largest absolute Gasteiger partial charge is 0.397 e. The molecule has 0 radical (unpaired) electrons. The molecule has 0 fully saturated rings. The first-order valence-electron chi connectivity index (χ1n) is 12.7. The quantitative estimate of drug-likeness (QED) is 0.152. The van der Waals surface area contributed by atoms with Gasteiger partial charge in [-0.3, -0.25) is 9.69 Å². The molecular weight excluding hydrogens is 460 g/mol. The number of carbonyl (C=O) groups is 1. The Morgan fingerprint density at radius 1 is 1.24 bits per heavy atom. The molecule has 0 saturated heterocycles. The Morgan fingerprint density at radius 2 is 1.95 bits per heavy atom. The summed E-state index contributed by atoms with van der Waals surface area (Å²) in [6.45, 7) is 15.5. The van der Waals surface area contributed by atoms with Crippen LogP contribution >= 0.6 is 0 Å². The van der Waals surface area contributed by atoms with Gasteiger partial charge in [-0.2, -0.15) is 0 Å². The van der Waals surface area contributed by atoms with Crippen molar-refractivity contribution in [2.75, 3.05) is 23.4 Å². The van der Waals surface area contributed by atoms with Crippen LogP contribution < -0.4 is 16.4 Å². The van der Waals surface area contributed by atoms with Crippen molar-refractivity contribution in [3.05, 3.63) is 77.8 Å². The summed E-state index contributed by atoms with van der Waals surface area (Å²) in [5.41, 5.74) is 11.4. The maximum Gasteiger partial charge on any atom is 0.227 e. The number of anilines is 3. The van der Waals surface area contributed by atoms with Crippen molar-refractivity contribution in [3.8, 4) is 12.3 Å². The number of nitrogens with two attached hydrogens (primary N) is 1. The van der Waals surface area contributed by atoms with E-state index in [4.69, 9.17) is 12.2 Å². The summed E-state index contributed by atoms with van der Waals surface area (Å²) >= 11 is 0. The van der Waals surface area contributed by atoms with Crippen molar-refractivity contribution in [1.29, 1.82) is 0 Å². The zero-order valence-electron chi connectivity index (χ0n) is 22.6. The summed E-state index contributed by atoms with van der Waals surface area (Å²) in [6, 6.07) is 5.86. The van der Waals surface area contributed by atoms with Crippen LogP contribution in [-0.2, 0) is 13.1 Å². The number of terminal acetylenes is 1. The number of carbonyl (C=O) groups excluding carboxylic acids is 1. The maximum absolute atomic E-state index is 10.9. The van der Waals surface area contributed by atoms with Gasteiger partial charge in [-0.05, 0) is 50.1 Å². The number of nitrogens with one attached hydrogen (secondary N) is 2. The van der Waals surface area contributed by atoms with Crippen LogP contribution in [0, 0.1) is 12.3 Å². The molecule has 1 aliphatic heterocycles. The second-order valence-corrected chi connectivity index (χ2v) is 9.06. The second kappa shape index (κ2) is 14.6. The van der Waals surface area contributed by atoms with Gasteiger partial charge in [-0.25, -0.2) is 9.97 Å². The minimum atomic E-state index is 0.0318. The van der Waals surface area contributed by atoms with Crippen LogP contribution in [0.3, 0.4) is 0 Å². The Hall–Kier alpha value is -3.89. The second-order valence-electron chi connectivity index (χ2n) is 9.06. The molecule has 1 aromatic heterocycles. The van der Waals surface area contributed by atoms with Gasteiger partial charge in [0.15, 0.2) is 5.78 Å². The average molecular weight is 501 g/mol. The zero-order valence-corrected chi connectivity index (χ0v) is 22.6. The third-order valence-electron chi connectivity index (χ3n) is 6.11. The molecule has 0 saturated carbocycles. The number of hydrogen-bond acceptors (Lipinski definition) is 7. The highest BCUT2D eigenvalue weighted by Gasteiger charge is 2.26. The molecule has 1 aromatic carbocycles. The fraction of sp³-hybridized carbons (Fsp3) is 0.367. The Bertz CT molecular complexity index is 1170. The van der Waals surface area contributed by atoms with Crippen LogP contribution in [-0.4, -0.2) is 33.7 Å². The lowest BCUT2D eigenvalue weighted by Gasteiger charge is -2.26. The fourth-order valence-electron chi connectivity index (χ4n) is 4.12. The number of rotatable bonds is 11. The highest BCUT2D eigenvalue weighted by Crippen LogP contribution is 2.27. The van der Waals surface area contributed by atoms with Crippen LogP contribution in [0.25, 0.3) is 0 Å². The number of benzene rings is 1.